The molecule has 2 aromatic carbocycles. The van der Waals surface area contributed by atoms with E-state index in [-0.39, 0.29) is 47.2 Å². The van der Waals surface area contributed by atoms with Crippen molar-refractivity contribution in [3.63, 3.8) is 0 Å². The number of fused-ring (bicyclic) bond motifs is 2. The third kappa shape index (κ3) is 3.52. The number of halogens is 1. The molecule has 0 atom stereocenters. The maximum Gasteiger partial charge on any atom is 0.255 e. The van der Waals surface area contributed by atoms with Crippen LogP contribution in [-0.4, -0.2) is 58.6 Å². The van der Waals surface area contributed by atoms with Crippen molar-refractivity contribution in [3.05, 3.63) is 53.3 Å². The fourth-order valence-electron chi connectivity index (χ4n) is 3.68. The Hall–Kier alpha value is -3.40. The molecule has 4 rings (SSSR count). The van der Waals surface area contributed by atoms with Crippen LogP contribution in [0.5, 0.6) is 0 Å². The van der Waals surface area contributed by atoms with Gasteiger partial charge >= 0.3 is 0 Å². The molecule has 0 bridgehead atoms. The molecule has 1 aliphatic rings. The van der Waals surface area contributed by atoms with Crippen LogP contribution in [0, 0.1) is 5.82 Å². The molecule has 10 heteroatoms. The van der Waals surface area contributed by atoms with Gasteiger partial charge in [0.2, 0.25) is 10.0 Å². The van der Waals surface area contributed by atoms with Crippen LogP contribution in [0.2, 0.25) is 0 Å². The van der Waals surface area contributed by atoms with Crippen molar-refractivity contribution >= 4 is 38.5 Å². The lowest BCUT2D eigenvalue weighted by molar-refractivity contribution is 0.0804. The number of benzene rings is 2. The highest BCUT2D eigenvalue weighted by Crippen LogP contribution is 2.39. The Morgan fingerprint density at radius 3 is 2.45 bits per heavy atom. The summed E-state index contributed by atoms with van der Waals surface area (Å²) < 4.78 is 45.3. The van der Waals surface area contributed by atoms with Crippen molar-refractivity contribution in [1.82, 2.24) is 10.2 Å². The summed E-state index contributed by atoms with van der Waals surface area (Å²) in [7, 11) is -0.621. The van der Waals surface area contributed by atoms with E-state index < -0.39 is 21.7 Å². The molecule has 31 heavy (non-hydrogen) atoms. The van der Waals surface area contributed by atoms with Gasteiger partial charge in [-0.1, -0.05) is 0 Å². The first-order chi connectivity index (χ1) is 14.6. The van der Waals surface area contributed by atoms with Gasteiger partial charge in [-0.2, -0.15) is 0 Å². The van der Waals surface area contributed by atoms with Crippen LogP contribution >= 0.6 is 0 Å². The Morgan fingerprint density at radius 1 is 1.16 bits per heavy atom. The second-order valence-electron chi connectivity index (χ2n) is 7.32. The first-order valence-electron chi connectivity index (χ1n) is 9.43. The van der Waals surface area contributed by atoms with Gasteiger partial charge in [-0.15, -0.1) is 0 Å². The Bertz CT molecular complexity index is 1320. The summed E-state index contributed by atoms with van der Waals surface area (Å²) in [4.78, 5) is 27.1. The van der Waals surface area contributed by atoms with E-state index in [1.165, 1.54) is 48.3 Å². The highest BCUT2D eigenvalue weighted by Gasteiger charge is 2.32. The van der Waals surface area contributed by atoms with Gasteiger partial charge in [-0.25, -0.2) is 12.8 Å². The van der Waals surface area contributed by atoms with Crippen LogP contribution in [0.4, 0.5) is 10.1 Å². The molecular formula is C21H20FN3O5S. The van der Waals surface area contributed by atoms with E-state index in [4.69, 9.17) is 4.42 Å². The van der Waals surface area contributed by atoms with Gasteiger partial charge in [-0.3, -0.25) is 13.9 Å². The van der Waals surface area contributed by atoms with Crippen LogP contribution in [0.3, 0.4) is 0 Å². The molecule has 0 radical (unpaired) electrons. The first kappa shape index (κ1) is 20.9. The number of nitrogens with zero attached hydrogens (tertiary/aromatic N) is 2. The van der Waals surface area contributed by atoms with Crippen molar-refractivity contribution in [2.24, 2.45) is 0 Å². The molecule has 0 unspecified atom stereocenters. The molecule has 2 heterocycles. The van der Waals surface area contributed by atoms with E-state index in [2.05, 4.69) is 5.32 Å². The summed E-state index contributed by atoms with van der Waals surface area (Å²) in [5.74, 6) is -1.06. The minimum absolute atomic E-state index is 0.0907. The van der Waals surface area contributed by atoms with Gasteiger partial charge in [0.15, 0.2) is 0 Å². The number of furan rings is 1. The lowest BCUT2D eigenvalue weighted by atomic mass is 10.0. The third-order valence-corrected chi connectivity index (χ3v) is 6.43. The third-order valence-electron chi connectivity index (χ3n) is 5.25. The minimum Gasteiger partial charge on any atom is -0.455 e. The monoisotopic (exact) mass is 445 g/mol. The molecule has 1 aliphatic heterocycles. The Morgan fingerprint density at radius 2 is 1.84 bits per heavy atom. The zero-order valence-electron chi connectivity index (χ0n) is 17.1. The number of likely N-dealkylation sites (N-methyl/N-ethyl adjacent to an activating group) is 1. The van der Waals surface area contributed by atoms with E-state index in [1.54, 1.807) is 7.05 Å². The predicted molar refractivity (Wildman–Crippen MR) is 114 cm³/mol. The number of nitrogens with one attached hydrogen (secondary N) is 1. The SMILES string of the molecule is CNC(=O)c1c(-c2ccc(F)cc2)oc2cc3c(cc12)C(=O)N(C)CCN3S(C)(=O)=O. The molecule has 8 nitrogen and oxygen atoms in total. The average Bonchev–Trinajstić information content (AvgIpc) is 3.04. The van der Waals surface area contributed by atoms with Gasteiger partial charge in [0, 0.05) is 37.7 Å². The summed E-state index contributed by atoms with van der Waals surface area (Å²) in [5.41, 5.74) is 1.22. The fourth-order valence-corrected chi connectivity index (χ4v) is 4.60. The van der Waals surface area contributed by atoms with Gasteiger partial charge < -0.3 is 14.6 Å². The summed E-state index contributed by atoms with van der Waals surface area (Å²) >= 11 is 0. The molecule has 0 fully saturated rings. The summed E-state index contributed by atoms with van der Waals surface area (Å²) in [6.07, 6.45) is 1.07. The summed E-state index contributed by atoms with van der Waals surface area (Å²) in [6, 6.07) is 8.39. The van der Waals surface area contributed by atoms with E-state index in [0.717, 1.165) is 10.6 Å². The van der Waals surface area contributed by atoms with Crippen molar-refractivity contribution in [2.45, 2.75) is 0 Å². The number of carbonyl (C=O) groups excluding carboxylic acids is 2. The van der Waals surface area contributed by atoms with Crippen LogP contribution in [0.1, 0.15) is 20.7 Å². The number of carbonyl (C=O) groups is 2. The number of rotatable bonds is 3. The Balaban J connectivity index is 2.05. The Kier molecular flexibility index (Phi) is 4.97. The minimum atomic E-state index is -3.67. The van der Waals surface area contributed by atoms with Crippen molar-refractivity contribution in [2.75, 3.05) is 37.7 Å². The predicted octanol–water partition coefficient (Wildman–Crippen LogP) is 2.45. The molecule has 3 aromatic rings. The molecule has 2 amide bonds. The molecule has 1 N–H and O–H groups in total. The second kappa shape index (κ2) is 7.38. The maximum absolute atomic E-state index is 13.4. The normalized spacial score (nSPS) is 14.5. The standard InChI is InChI=1S/C21H20FN3O5S/c1-23-20(26)18-15-10-14-16(25(31(3,28)29)9-8-24(2)21(14)27)11-17(15)30-19(18)12-4-6-13(22)7-5-12/h4-7,10-11H,8-9H2,1-3H3,(H,23,26). The molecule has 1 aromatic heterocycles. The van der Waals surface area contributed by atoms with E-state index >= 15 is 0 Å². The van der Waals surface area contributed by atoms with Crippen LogP contribution < -0.4 is 9.62 Å². The molecule has 0 saturated carbocycles. The molecular weight excluding hydrogens is 425 g/mol. The number of hydrogen-bond donors (Lipinski definition) is 1. The fraction of sp³-hybridized carbons (Fsp3) is 0.238. The topological polar surface area (TPSA) is 99.9 Å². The zero-order chi connectivity index (χ0) is 22.5. The highest BCUT2D eigenvalue weighted by molar-refractivity contribution is 7.92. The number of hydrogen-bond acceptors (Lipinski definition) is 5. The van der Waals surface area contributed by atoms with Gasteiger partial charge in [-0.05, 0) is 30.3 Å². The lowest BCUT2D eigenvalue weighted by Gasteiger charge is -2.21. The Labute approximate surface area is 178 Å². The average molecular weight is 445 g/mol. The van der Waals surface area contributed by atoms with Crippen LogP contribution in [0.15, 0.2) is 40.8 Å². The smallest absolute Gasteiger partial charge is 0.255 e. The summed E-state index contributed by atoms with van der Waals surface area (Å²) in [5, 5.41) is 2.91. The zero-order valence-corrected chi connectivity index (χ0v) is 17.9. The number of amides is 2. The van der Waals surface area contributed by atoms with Crippen molar-refractivity contribution in [3.8, 4) is 11.3 Å². The molecule has 0 saturated heterocycles. The number of anilines is 1. The number of sulfonamides is 1. The summed E-state index contributed by atoms with van der Waals surface area (Å²) in [6.45, 7) is 0.304. The quantitative estimate of drug-likeness (QED) is 0.668. The molecule has 162 valence electrons. The second-order valence-corrected chi connectivity index (χ2v) is 9.23. The van der Waals surface area contributed by atoms with Crippen molar-refractivity contribution in [1.29, 1.82) is 0 Å². The van der Waals surface area contributed by atoms with Gasteiger partial charge in [0.25, 0.3) is 11.8 Å². The van der Waals surface area contributed by atoms with E-state index in [1.807, 2.05) is 0 Å². The van der Waals surface area contributed by atoms with E-state index in [0.29, 0.717) is 10.9 Å². The molecule has 0 spiro atoms. The highest BCUT2D eigenvalue weighted by atomic mass is 32.2. The van der Waals surface area contributed by atoms with E-state index in [9.17, 15) is 22.4 Å². The van der Waals surface area contributed by atoms with Gasteiger partial charge in [0.05, 0.1) is 29.6 Å². The molecule has 0 aliphatic carbocycles. The van der Waals surface area contributed by atoms with Crippen molar-refractivity contribution < 1.29 is 26.8 Å². The van der Waals surface area contributed by atoms with Gasteiger partial charge in [0.1, 0.15) is 17.2 Å². The maximum atomic E-state index is 13.4. The van der Waals surface area contributed by atoms with Crippen LogP contribution in [0.25, 0.3) is 22.3 Å². The lowest BCUT2D eigenvalue weighted by Crippen LogP contribution is -2.35. The first-order valence-corrected chi connectivity index (χ1v) is 11.3. The largest absolute Gasteiger partial charge is 0.455 e. The van der Waals surface area contributed by atoms with Crippen LogP contribution in [-0.2, 0) is 10.0 Å².